The van der Waals surface area contributed by atoms with Gasteiger partial charge in [-0.3, -0.25) is 4.84 Å². The van der Waals surface area contributed by atoms with Gasteiger partial charge < -0.3 is 14.6 Å². The second-order valence-electron chi connectivity index (χ2n) is 5.34. The van der Waals surface area contributed by atoms with Gasteiger partial charge in [0.1, 0.15) is 11.5 Å². The molecular formula is C14H23N3O3. The molecule has 0 spiro atoms. The van der Waals surface area contributed by atoms with Crippen LogP contribution < -0.4 is 5.32 Å². The molecule has 6 heteroatoms. The lowest BCUT2D eigenvalue weighted by Gasteiger charge is -2.31. The highest BCUT2D eigenvalue weighted by molar-refractivity contribution is 5.23. The molecule has 20 heavy (non-hydrogen) atoms. The Morgan fingerprint density at radius 1 is 1.40 bits per heavy atom. The maximum atomic E-state index is 5.52. The van der Waals surface area contributed by atoms with E-state index in [1.807, 2.05) is 6.92 Å². The van der Waals surface area contributed by atoms with Crippen LogP contribution in [-0.2, 0) is 29.1 Å². The van der Waals surface area contributed by atoms with Crippen LogP contribution in [0.25, 0.3) is 0 Å². The fraction of sp³-hybridized carbons (Fsp3) is 0.786. The van der Waals surface area contributed by atoms with Crippen molar-refractivity contribution in [3.05, 3.63) is 17.0 Å². The number of hydroxylamine groups is 2. The summed E-state index contributed by atoms with van der Waals surface area (Å²) < 4.78 is 10.9. The number of hydrogen-bond acceptors (Lipinski definition) is 6. The normalized spacial score (nSPS) is 21.1. The summed E-state index contributed by atoms with van der Waals surface area (Å²) in [7, 11) is 0. The molecule has 0 radical (unpaired) electrons. The summed E-state index contributed by atoms with van der Waals surface area (Å²) in [6, 6.07) is 0.531. The number of nitrogens with zero attached hydrogens (tertiary/aromatic N) is 2. The molecule has 0 saturated carbocycles. The summed E-state index contributed by atoms with van der Waals surface area (Å²) >= 11 is 0. The van der Waals surface area contributed by atoms with Gasteiger partial charge in [-0.15, -0.1) is 0 Å². The topological polar surface area (TPSA) is 59.8 Å². The van der Waals surface area contributed by atoms with Gasteiger partial charge >= 0.3 is 0 Å². The lowest BCUT2D eigenvalue weighted by atomic mass is 10.1. The largest absolute Gasteiger partial charge is 0.376 e. The summed E-state index contributed by atoms with van der Waals surface area (Å²) in [5.41, 5.74) is 2.16. The molecule has 2 aliphatic heterocycles. The molecule has 112 valence electrons. The third-order valence-corrected chi connectivity index (χ3v) is 3.99. The van der Waals surface area contributed by atoms with E-state index in [1.54, 1.807) is 0 Å². The fourth-order valence-corrected chi connectivity index (χ4v) is 2.83. The Bertz CT molecular complexity index is 427. The molecule has 1 aromatic rings. The third-order valence-electron chi connectivity index (χ3n) is 3.99. The molecule has 3 heterocycles. The van der Waals surface area contributed by atoms with Crippen LogP contribution in [0.5, 0.6) is 0 Å². The summed E-state index contributed by atoms with van der Waals surface area (Å²) in [6.07, 6.45) is 3.06. The first kappa shape index (κ1) is 14.0. The van der Waals surface area contributed by atoms with Crippen molar-refractivity contribution >= 4 is 0 Å². The molecule has 0 amide bonds. The predicted octanol–water partition coefficient (Wildman–Crippen LogP) is 1.25. The fourth-order valence-electron chi connectivity index (χ4n) is 2.83. The van der Waals surface area contributed by atoms with Gasteiger partial charge in [-0.05, 0) is 19.8 Å². The van der Waals surface area contributed by atoms with E-state index in [2.05, 4.69) is 15.5 Å². The first-order valence-electron chi connectivity index (χ1n) is 7.52. The minimum Gasteiger partial charge on any atom is -0.376 e. The number of rotatable bonds is 5. The molecule has 6 nitrogen and oxygen atoms in total. The van der Waals surface area contributed by atoms with Crippen molar-refractivity contribution < 1.29 is 14.1 Å². The van der Waals surface area contributed by atoms with Crippen LogP contribution in [0.2, 0.25) is 0 Å². The van der Waals surface area contributed by atoms with Crippen LogP contribution in [0.1, 0.15) is 36.8 Å². The van der Waals surface area contributed by atoms with E-state index < -0.39 is 0 Å². The van der Waals surface area contributed by atoms with Gasteiger partial charge in [-0.25, -0.2) is 0 Å². The van der Waals surface area contributed by atoms with Gasteiger partial charge in [0.15, 0.2) is 0 Å². The van der Waals surface area contributed by atoms with Crippen LogP contribution in [-0.4, -0.2) is 42.6 Å². The third kappa shape index (κ3) is 3.20. The highest BCUT2D eigenvalue weighted by Crippen LogP contribution is 2.21. The van der Waals surface area contributed by atoms with Gasteiger partial charge in [-0.2, -0.15) is 5.06 Å². The van der Waals surface area contributed by atoms with Gasteiger partial charge in [0.05, 0.1) is 19.8 Å². The Hall–Kier alpha value is -0.950. The molecular weight excluding hydrogens is 258 g/mol. The molecule has 2 aliphatic rings. The summed E-state index contributed by atoms with van der Waals surface area (Å²) in [6.45, 7) is 6.91. The first-order valence-corrected chi connectivity index (χ1v) is 7.52. The number of ether oxygens (including phenoxy) is 1. The Morgan fingerprint density at radius 2 is 2.25 bits per heavy atom. The minimum absolute atomic E-state index is 0.531. The number of fused-ring (bicyclic) bond motifs is 1. The molecule has 1 fully saturated rings. The minimum atomic E-state index is 0.531. The van der Waals surface area contributed by atoms with E-state index in [9.17, 15) is 0 Å². The van der Waals surface area contributed by atoms with Crippen molar-refractivity contribution in [3.8, 4) is 0 Å². The van der Waals surface area contributed by atoms with Crippen molar-refractivity contribution in [3.63, 3.8) is 0 Å². The maximum Gasteiger partial charge on any atom is 0.144 e. The summed E-state index contributed by atoms with van der Waals surface area (Å²) in [5, 5.41) is 9.81. The predicted molar refractivity (Wildman–Crippen MR) is 72.9 cm³/mol. The monoisotopic (exact) mass is 281 g/mol. The lowest BCUT2D eigenvalue weighted by Crippen LogP contribution is -2.42. The van der Waals surface area contributed by atoms with Gasteiger partial charge in [-0.1, -0.05) is 5.16 Å². The van der Waals surface area contributed by atoms with E-state index in [1.165, 1.54) is 0 Å². The highest BCUT2D eigenvalue weighted by Gasteiger charge is 2.22. The second-order valence-corrected chi connectivity index (χ2v) is 5.34. The molecule has 0 aliphatic carbocycles. The quantitative estimate of drug-likeness (QED) is 0.876. The first-order chi connectivity index (χ1) is 9.86. The molecule has 0 atom stereocenters. The van der Waals surface area contributed by atoms with E-state index in [0.29, 0.717) is 12.6 Å². The average Bonchev–Trinajstić information content (AvgIpc) is 2.90. The molecule has 1 N–H and O–H groups in total. The van der Waals surface area contributed by atoms with E-state index in [4.69, 9.17) is 14.1 Å². The smallest absolute Gasteiger partial charge is 0.144 e. The standard InChI is InChI=1S/C14H23N3O3/c1-2-19-17-6-3-11(4-7-17)15-9-13-12-10-18-8-5-14(12)20-16-13/h11,15H,2-10H2,1H3. The van der Waals surface area contributed by atoms with Crippen molar-refractivity contribution in [2.45, 2.75) is 45.4 Å². The Kier molecular flexibility index (Phi) is 4.67. The Morgan fingerprint density at radius 3 is 3.05 bits per heavy atom. The summed E-state index contributed by atoms with van der Waals surface area (Å²) in [4.78, 5) is 5.52. The molecule has 1 saturated heterocycles. The second kappa shape index (κ2) is 6.67. The number of hydrogen-bond donors (Lipinski definition) is 1. The molecule has 0 unspecified atom stereocenters. The molecule has 3 rings (SSSR count). The zero-order chi connectivity index (χ0) is 13.8. The van der Waals surface area contributed by atoms with Crippen LogP contribution in [0, 0.1) is 0 Å². The van der Waals surface area contributed by atoms with Crippen molar-refractivity contribution in [2.75, 3.05) is 26.3 Å². The van der Waals surface area contributed by atoms with E-state index >= 15 is 0 Å². The molecule has 0 bridgehead atoms. The van der Waals surface area contributed by atoms with Gasteiger partial charge in [0.25, 0.3) is 0 Å². The van der Waals surface area contributed by atoms with Gasteiger partial charge in [0, 0.05) is 37.7 Å². The number of nitrogens with one attached hydrogen (secondary N) is 1. The Labute approximate surface area is 119 Å². The maximum absolute atomic E-state index is 5.52. The number of piperidine rings is 1. The van der Waals surface area contributed by atoms with Crippen LogP contribution in [0.4, 0.5) is 0 Å². The highest BCUT2D eigenvalue weighted by atomic mass is 16.7. The van der Waals surface area contributed by atoms with Gasteiger partial charge in [0.2, 0.25) is 0 Å². The molecule has 0 aromatic carbocycles. The van der Waals surface area contributed by atoms with Crippen molar-refractivity contribution in [1.29, 1.82) is 0 Å². The average molecular weight is 281 g/mol. The number of aromatic nitrogens is 1. The molecule has 1 aromatic heterocycles. The van der Waals surface area contributed by atoms with Crippen LogP contribution >= 0.6 is 0 Å². The lowest BCUT2D eigenvalue weighted by molar-refractivity contribution is -0.166. The summed E-state index contributed by atoms with van der Waals surface area (Å²) in [5.74, 6) is 0.999. The van der Waals surface area contributed by atoms with Crippen molar-refractivity contribution in [2.24, 2.45) is 0 Å². The zero-order valence-corrected chi connectivity index (χ0v) is 12.1. The van der Waals surface area contributed by atoms with E-state index in [0.717, 1.165) is 69.1 Å². The van der Waals surface area contributed by atoms with Crippen molar-refractivity contribution in [1.82, 2.24) is 15.5 Å². The Balaban J connectivity index is 1.47. The van der Waals surface area contributed by atoms with E-state index in [-0.39, 0.29) is 0 Å². The van der Waals surface area contributed by atoms with Crippen LogP contribution in [0.15, 0.2) is 4.52 Å². The zero-order valence-electron chi connectivity index (χ0n) is 12.1. The van der Waals surface area contributed by atoms with Crippen LogP contribution in [0.3, 0.4) is 0 Å². The SMILES string of the molecule is CCON1CCC(NCc2noc3c2COCC3)CC1.